The minimum absolute atomic E-state index is 0.580. The van der Waals surface area contributed by atoms with Crippen molar-refractivity contribution in [3.8, 4) is 5.88 Å². The smallest absolute Gasteiger partial charge is 0.215 e. The van der Waals surface area contributed by atoms with Crippen LogP contribution in [0.4, 0.5) is 5.82 Å². The molecule has 0 spiro atoms. The van der Waals surface area contributed by atoms with E-state index in [1.165, 1.54) is 32.1 Å². The number of hydrogen-bond acceptors (Lipinski definition) is 3. The number of pyridine rings is 1. The maximum atomic E-state index is 5.97. The zero-order valence-corrected chi connectivity index (χ0v) is 12.4. The van der Waals surface area contributed by atoms with E-state index in [0.29, 0.717) is 24.4 Å². The predicted octanol–water partition coefficient (Wildman–Crippen LogP) is 3.86. The molecule has 0 saturated heterocycles. The van der Waals surface area contributed by atoms with Crippen LogP contribution >= 0.6 is 11.6 Å². The van der Waals surface area contributed by atoms with Crippen LogP contribution in [-0.4, -0.2) is 30.1 Å². The van der Waals surface area contributed by atoms with Crippen LogP contribution in [0.25, 0.3) is 0 Å². The molecule has 106 valence electrons. The Balaban J connectivity index is 2.14. The van der Waals surface area contributed by atoms with E-state index in [-0.39, 0.29) is 0 Å². The fourth-order valence-corrected chi connectivity index (χ4v) is 2.94. The van der Waals surface area contributed by atoms with Gasteiger partial charge in [-0.2, -0.15) is 4.98 Å². The topological polar surface area (TPSA) is 25.4 Å². The monoisotopic (exact) mass is 282 g/mol. The van der Waals surface area contributed by atoms with Gasteiger partial charge in [-0.05, 0) is 25.8 Å². The lowest BCUT2D eigenvalue weighted by Gasteiger charge is -2.35. The molecular formula is C15H23ClN2O. The molecule has 1 heterocycles. The standard InChI is InChI=1S/C15H23ClN2O/c1-2-19-15-10-6-9-14(17-15)18(12-11-16)13-7-4-3-5-8-13/h6,9-10,13H,2-5,7-8,11-12H2,1H3. The molecule has 0 aliphatic heterocycles. The molecule has 3 nitrogen and oxygen atoms in total. The largest absolute Gasteiger partial charge is 0.478 e. The maximum Gasteiger partial charge on any atom is 0.215 e. The summed E-state index contributed by atoms with van der Waals surface area (Å²) in [5.74, 6) is 2.34. The molecule has 0 atom stereocenters. The number of halogens is 1. The molecule has 1 aliphatic carbocycles. The normalized spacial score (nSPS) is 16.3. The molecule has 2 rings (SSSR count). The Hall–Kier alpha value is -0.960. The van der Waals surface area contributed by atoms with Gasteiger partial charge in [-0.25, -0.2) is 0 Å². The highest BCUT2D eigenvalue weighted by molar-refractivity contribution is 6.18. The lowest BCUT2D eigenvalue weighted by atomic mass is 9.94. The Labute approximate surface area is 120 Å². The van der Waals surface area contributed by atoms with Crippen molar-refractivity contribution in [1.82, 2.24) is 4.98 Å². The van der Waals surface area contributed by atoms with Crippen molar-refractivity contribution >= 4 is 17.4 Å². The molecule has 4 heteroatoms. The second-order valence-electron chi connectivity index (χ2n) is 4.94. The summed E-state index contributed by atoms with van der Waals surface area (Å²) < 4.78 is 5.49. The fraction of sp³-hybridized carbons (Fsp3) is 0.667. The maximum absolute atomic E-state index is 5.97. The Morgan fingerprint density at radius 1 is 1.32 bits per heavy atom. The Morgan fingerprint density at radius 2 is 2.11 bits per heavy atom. The number of aromatic nitrogens is 1. The summed E-state index contributed by atoms with van der Waals surface area (Å²) in [7, 11) is 0. The van der Waals surface area contributed by atoms with Gasteiger partial charge in [0, 0.05) is 24.5 Å². The first-order valence-electron chi connectivity index (χ1n) is 7.27. The van der Waals surface area contributed by atoms with Crippen LogP contribution in [0.2, 0.25) is 0 Å². The van der Waals surface area contributed by atoms with Crippen molar-refractivity contribution in [2.75, 3.05) is 23.9 Å². The van der Waals surface area contributed by atoms with Crippen molar-refractivity contribution in [3.05, 3.63) is 18.2 Å². The van der Waals surface area contributed by atoms with Crippen molar-refractivity contribution in [2.24, 2.45) is 0 Å². The molecule has 1 aromatic heterocycles. The zero-order valence-electron chi connectivity index (χ0n) is 11.6. The predicted molar refractivity (Wildman–Crippen MR) is 80.3 cm³/mol. The van der Waals surface area contributed by atoms with Gasteiger partial charge in [-0.3, -0.25) is 0 Å². The van der Waals surface area contributed by atoms with E-state index in [1.807, 2.05) is 19.1 Å². The summed E-state index contributed by atoms with van der Waals surface area (Å²) in [6.45, 7) is 3.48. The quantitative estimate of drug-likeness (QED) is 0.741. The molecule has 19 heavy (non-hydrogen) atoms. The highest BCUT2D eigenvalue weighted by Gasteiger charge is 2.22. The summed E-state index contributed by atoms with van der Waals surface area (Å²) in [5.41, 5.74) is 0. The van der Waals surface area contributed by atoms with E-state index in [9.17, 15) is 0 Å². The summed E-state index contributed by atoms with van der Waals surface area (Å²) in [5, 5.41) is 0. The van der Waals surface area contributed by atoms with E-state index in [2.05, 4.69) is 16.0 Å². The van der Waals surface area contributed by atoms with Gasteiger partial charge in [-0.15, -0.1) is 11.6 Å². The van der Waals surface area contributed by atoms with Crippen LogP contribution in [-0.2, 0) is 0 Å². The molecular weight excluding hydrogens is 260 g/mol. The lowest BCUT2D eigenvalue weighted by Crippen LogP contribution is -2.38. The molecule has 0 N–H and O–H groups in total. The van der Waals surface area contributed by atoms with Crippen molar-refractivity contribution in [1.29, 1.82) is 0 Å². The van der Waals surface area contributed by atoms with Crippen LogP contribution in [0.15, 0.2) is 18.2 Å². The van der Waals surface area contributed by atoms with Gasteiger partial charge >= 0.3 is 0 Å². The number of rotatable bonds is 6. The summed E-state index contributed by atoms with van der Waals surface area (Å²) in [6, 6.07) is 6.56. The molecule has 1 aliphatic rings. The number of anilines is 1. The van der Waals surface area contributed by atoms with Crippen LogP contribution in [0, 0.1) is 0 Å². The van der Waals surface area contributed by atoms with Gasteiger partial charge < -0.3 is 9.64 Å². The minimum atomic E-state index is 0.580. The van der Waals surface area contributed by atoms with Crippen molar-refractivity contribution in [2.45, 2.75) is 45.1 Å². The summed E-state index contributed by atoms with van der Waals surface area (Å²) in [4.78, 5) is 6.96. The molecule has 0 aromatic carbocycles. The highest BCUT2D eigenvalue weighted by atomic mass is 35.5. The van der Waals surface area contributed by atoms with E-state index < -0.39 is 0 Å². The van der Waals surface area contributed by atoms with E-state index >= 15 is 0 Å². The van der Waals surface area contributed by atoms with Crippen molar-refractivity contribution < 1.29 is 4.74 Å². The lowest BCUT2D eigenvalue weighted by molar-refractivity contribution is 0.326. The first-order chi connectivity index (χ1) is 9.35. The number of ether oxygens (including phenoxy) is 1. The minimum Gasteiger partial charge on any atom is -0.478 e. The van der Waals surface area contributed by atoms with Crippen LogP contribution in [0.3, 0.4) is 0 Å². The Kier molecular flexibility index (Phi) is 5.77. The summed E-state index contributed by atoms with van der Waals surface area (Å²) in [6.07, 6.45) is 6.48. The van der Waals surface area contributed by atoms with Gasteiger partial charge in [-0.1, -0.05) is 25.3 Å². The van der Waals surface area contributed by atoms with Crippen LogP contribution in [0.1, 0.15) is 39.0 Å². The fourth-order valence-electron chi connectivity index (χ4n) is 2.76. The van der Waals surface area contributed by atoms with Gasteiger partial charge in [0.2, 0.25) is 5.88 Å². The van der Waals surface area contributed by atoms with Crippen LogP contribution < -0.4 is 9.64 Å². The number of hydrogen-bond donors (Lipinski definition) is 0. The van der Waals surface area contributed by atoms with Gasteiger partial charge in [0.25, 0.3) is 0 Å². The molecule has 0 radical (unpaired) electrons. The molecule has 1 saturated carbocycles. The van der Waals surface area contributed by atoms with Gasteiger partial charge in [0.15, 0.2) is 0 Å². The third-order valence-corrected chi connectivity index (χ3v) is 3.81. The first kappa shape index (κ1) is 14.4. The number of alkyl halides is 1. The third kappa shape index (κ3) is 4.00. The van der Waals surface area contributed by atoms with E-state index in [4.69, 9.17) is 16.3 Å². The Bertz CT molecular complexity index is 380. The molecule has 1 aromatic rings. The van der Waals surface area contributed by atoms with Crippen LogP contribution in [0.5, 0.6) is 5.88 Å². The molecule has 0 unspecified atom stereocenters. The van der Waals surface area contributed by atoms with E-state index in [1.54, 1.807) is 0 Å². The third-order valence-electron chi connectivity index (χ3n) is 3.64. The van der Waals surface area contributed by atoms with Gasteiger partial charge in [0.05, 0.1) is 6.61 Å². The second kappa shape index (κ2) is 7.59. The average molecular weight is 283 g/mol. The highest BCUT2D eigenvalue weighted by Crippen LogP contribution is 2.27. The first-order valence-corrected chi connectivity index (χ1v) is 7.81. The molecule has 0 bridgehead atoms. The van der Waals surface area contributed by atoms with Crippen molar-refractivity contribution in [3.63, 3.8) is 0 Å². The Morgan fingerprint density at radius 3 is 2.79 bits per heavy atom. The zero-order chi connectivity index (χ0) is 13.5. The van der Waals surface area contributed by atoms with Gasteiger partial charge in [0.1, 0.15) is 5.82 Å². The second-order valence-corrected chi connectivity index (χ2v) is 5.32. The number of nitrogens with zero attached hydrogens (tertiary/aromatic N) is 2. The SMILES string of the molecule is CCOc1cccc(N(CCCl)C2CCCCC2)n1. The molecule has 0 amide bonds. The summed E-state index contributed by atoms with van der Waals surface area (Å²) >= 11 is 5.97. The average Bonchev–Trinajstić information content (AvgIpc) is 2.46. The van der Waals surface area contributed by atoms with E-state index in [0.717, 1.165) is 12.4 Å². The molecule has 1 fully saturated rings.